The van der Waals surface area contributed by atoms with Crippen LogP contribution in [0.3, 0.4) is 0 Å². The van der Waals surface area contributed by atoms with Crippen molar-refractivity contribution in [3.63, 3.8) is 0 Å². The van der Waals surface area contributed by atoms with Gasteiger partial charge in [-0.15, -0.1) is 11.8 Å². The van der Waals surface area contributed by atoms with Crippen molar-refractivity contribution >= 4 is 117 Å². The van der Waals surface area contributed by atoms with Gasteiger partial charge in [0.05, 0.1) is 31.8 Å². The van der Waals surface area contributed by atoms with Crippen LogP contribution in [-0.2, 0) is 115 Å². The fourth-order valence-electron chi connectivity index (χ4n) is 14.9. The molecule has 35 heteroatoms. The Kier molecular flexibility index (Phi) is 38.2. The summed E-state index contributed by atoms with van der Waals surface area (Å²) >= 11 is 0.846. The van der Waals surface area contributed by atoms with E-state index in [2.05, 4.69) is 52.8 Å². The summed E-state index contributed by atoms with van der Waals surface area (Å²) in [6, 6.07) is 30.6. The van der Waals surface area contributed by atoms with Gasteiger partial charge in [-0.3, -0.25) is 76.7 Å². The summed E-state index contributed by atoms with van der Waals surface area (Å²) in [7, 11) is 6.58. The van der Waals surface area contributed by atoms with Gasteiger partial charge in [0, 0.05) is 96.6 Å². The number of aromatic amines is 1. The molecule has 14 N–H and O–H groups in total. The number of carbonyl (C=O) groups is 16. The minimum Gasteiger partial charge on any atom is -0.508 e. The van der Waals surface area contributed by atoms with E-state index >= 15 is 33.6 Å². The SMILES string of the molecule is CCCC[C@H]1C(=O)N(C)CC(=O)N[C@@H](CC(=O)O)C(=O)N[C@@H](C(C)C)C(=O)N(C)[C@@H](Cc2ccccc2)C(=O)N[C@@H](Cc2ccc(O)cc2)C(=O)N(C)CC(=O)N[C@@H](Cc2c[nH]c3ccccc23)C(=O)N[C@@H](Cc2ccccc2)C(=O)N[C@@H](CC(C)C)C(=O)N[C@H](C(=O)NCC(N)=O)CSCC(=O)N[C@@H](Cc2ccccc2)C(=O)N(C)[C@@H](Cc2ccccc2)C(=O)N1C. The van der Waals surface area contributed by atoms with E-state index in [0.29, 0.717) is 57.1 Å². The second-order valence-electron chi connectivity index (χ2n) is 32.9. The number of benzene rings is 6. The molecule has 11 atom stereocenters. The largest absolute Gasteiger partial charge is 0.508 e. The Balaban J connectivity index is 1.21. The van der Waals surface area contributed by atoms with Crippen molar-refractivity contribution in [1.82, 2.24) is 77.3 Å². The lowest BCUT2D eigenvalue weighted by Crippen LogP contribution is -2.61. The van der Waals surface area contributed by atoms with Crippen LogP contribution in [0.1, 0.15) is 100 Å². The molecule has 0 saturated carbocycles. The van der Waals surface area contributed by atoms with Gasteiger partial charge in [-0.1, -0.05) is 199 Å². The molecule has 0 radical (unpaired) electrons. The van der Waals surface area contributed by atoms with Gasteiger partial charge in [-0.2, -0.15) is 0 Å². The van der Waals surface area contributed by atoms with Crippen LogP contribution in [0.15, 0.2) is 176 Å². The number of hydrogen-bond acceptors (Lipinski definition) is 18. The number of hydrogen-bond donors (Lipinski definition) is 13. The average Bonchev–Trinajstić information content (AvgIpc) is 1.45. The number of fused-ring (bicyclic) bond motifs is 1. The van der Waals surface area contributed by atoms with E-state index in [-0.39, 0.29) is 68.8 Å². The van der Waals surface area contributed by atoms with Crippen molar-refractivity contribution in [2.45, 2.75) is 172 Å². The molecule has 15 amide bonds. The number of carbonyl (C=O) groups excluding carboxylic acids is 15. The molecule has 1 saturated heterocycles. The van der Waals surface area contributed by atoms with E-state index in [1.165, 1.54) is 69.3 Å². The van der Waals surface area contributed by atoms with Gasteiger partial charge in [-0.25, -0.2) is 0 Å². The second kappa shape index (κ2) is 48.9. The predicted molar refractivity (Wildman–Crippen MR) is 480 cm³/mol. The number of nitrogens with two attached hydrogens (primary N) is 1. The number of amides is 15. The fourth-order valence-corrected chi connectivity index (χ4v) is 15.8. The van der Waals surface area contributed by atoms with Crippen molar-refractivity contribution in [3.05, 3.63) is 209 Å². The number of para-hydroxylation sites is 1. The van der Waals surface area contributed by atoms with Gasteiger partial charge in [0.2, 0.25) is 88.6 Å². The summed E-state index contributed by atoms with van der Waals surface area (Å²) in [4.78, 5) is 243. The lowest BCUT2D eigenvalue weighted by atomic mass is 9.98. The number of nitrogens with zero attached hydrogens (tertiary/aromatic N) is 5. The number of phenols is 1. The van der Waals surface area contributed by atoms with E-state index in [1.54, 1.807) is 179 Å². The van der Waals surface area contributed by atoms with Crippen molar-refractivity contribution in [3.8, 4) is 5.75 Å². The first-order chi connectivity index (χ1) is 61.0. The minimum absolute atomic E-state index is 0.0360. The van der Waals surface area contributed by atoms with Crippen molar-refractivity contribution < 1.29 is 86.9 Å². The van der Waals surface area contributed by atoms with E-state index in [9.17, 15) is 53.4 Å². The highest BCUT2D eigenvalue weighted by atomic mass is 32.2. The van der Waals surface area contributed by atoms with Crippen LogP contribution >= 0.6 is 11.8 Å². The van der Waals surface area contributed by atoms with Crippen molar-refractivity contribution in [2.24, 2.45) is 17.6 Å². The molecule has 6 aromatic carbocycles. The fraction of sp³-hybridized carbons (Fsp3) is 0.419. The van der Waals surface area contributed by atoms with Gasteiger partial charge in [0.15, 0.2) is 0 Å². The molecule has 1 aliphatic rings. The number of H-pyrrole nitrogens is 1. The third-order valence-corrected chi connectivity index (χ3v) is 23.0. The second-order valence-corrected chi connectivity index (χ2v) is 33.9. The van der Waals surface area contributed by atoms with E-state index in [4.69, 9.17) is 5.73 Å². The maximum absolute atomic E-state index is 15.5. The Hall–Kier alpha value is -13.5. The molecule has 8 rings (SSSR count). The van der Waals surface area contributed by atoms with Gasteiger partial charge in [0.25, 0.3) is 0 Å². The van der Waals surface area contributed by atoms with Crippen molar-refractivity contribution in [1.29, 1.82) is 0 Å². The molecule has 684 valence electrons. The Morgan fingerprint density at radius 2 is 0.906 bits per heavy atom. The molecule has 1 fully saturated rings. The zero-order valence-electron chi connectivity index (χ0n) is 73.7. The van der Waals surface area contributed by atoms with E-state index in [1.807, 2.05) is 6.92 Å². The van der Waals surface area contributed by atoms with E-state index < -0.39 is 199 Å². The monoisotopic (exact) mass is 1780 g/mol. The maximum atomic E-state index is 15.5. The number of likely N-dealkylation sites (N-methyl/N-ethyl adjacent to an activating group) is 5. The Labute approximate surface area is 748 Å². The Bertz CT molecular complexity index is 5010. The summed E-state index contributed by atoms with van der Waals surface area (Å²) in [5.74, 6) is -16.9. The number of aromatic hydroxyl groups is 1. The van der Waals surface area contributed by atoms with Gasteiger partial charge in [-0.05, 0) is 76.3 Å². The zero-order valence-corrected chi connectivity index (χ0v) is 74.5. The molecule has 7 aromatic rings. The number of carboxylic acids is 1. The molecular formula is C93H118N16O18S. The number of primary amides is 1. The number of nitrogens with one attached hydrogen (secondary N) is 10. The number of rotatable bonds is 23. The topological polar surface area (TPSA) is 480 Å². The molecule has 34 nitrogen and oxygen atoms in total. The van der Waals surface area contributed by atoms with Gasteiger partial charge in [0.1, 0.15) is 72.2 Å². The third-order valence-electron chi connectivity index (χ3n) is 22.0. The maximum Gasteiger partial charge on any atom is 0.305 e. The lowest BCUT2D eigenvalue weighted by Gasteiger charge is -2.37. The van der Waals surface area contributed by atoms with Gasteiger partial charge < -0.3 is 93.3 Å². The first-order valence-corrected chi connectivity index (χ1v) is 43.7. The number of thioether (sulfide) groups is 1. The first-order valence-electron chi connectivity index (χ1n) is 42.5. The molecule has 0 spiro atoms. The standard InChI is InChI=1S/C93H118N16O18S/c1-11-12-37-74-91(125)106(7)53-79(113)98-70(49-81(115)116)87(121)104-82(57(4)5)93(127)108(9)75(46-60-31-21-15-22-32-60)88(122)102-71(45-62-38-40-64(110)41-39-62)89(123)105(6)52-78(112)97-69(48-63-50-95-66-36-26-25-35-65(63)66)86(120)101-68(43-58-27-17-13-18-28-58)85(119)100-67(42-56(2)3)84(118)103-73(83(117)96-51-77(94)111)54-128-55-80(114)99-72(44-59-29-19-14-20-30-59)90(124)109(10)76(92(126)107(74)8)47-61-33-23-16-24-34-61/h13-36,38-41,50,56-57,67-76,82,95,110H,11-12,37,42-49,51-55H2,1-10H3,(H2,94,111)(H,96,117)(H,97,112)(H,98,113)(H,99,114)(H,100,119)(H,101,120)(H,102,122)(H,103,118)(H,104,121)(H,115,116)/t67-,68-,69-,70-,71-,72-,73-,74-,75-,76-,82-/m0/s1. The van der Waals surface area contributed by atoms with Crippen LogP contribution in [0.5, 0.6) is 5.75 Å². The highest BCUT2D eigenvalue weighted by Crippen LogP contribution is 2.24. The van der Waals surface area contributed by atoms with Crippen LogP contribution < -0.4 is 53.6 Å². The third kappa shape index (κ3) is 30.1. The van der Waals surface area contributed by atoms with Crippen LogP contribution in [0, 0.1) is 11.8 Å². The molecule has 2 heterocycles. The van der Waals surface area contributed by atoms with Gasteiger partial charge >= 0.3 is 5.97 Å². The summed E-state index contributed by atoms with van der Waals surface area (Å²) in [5, 5.41) is 45.4. The van der Waals surface area contributed by atoms with Crippen molar-refractivity contribution in [2.75, 3.05) is 66.4 Å². The average molecular weight is 1780 g/mol. The molecule has 128 heavy (non-hydrogen) atoms. The zero-order chi connectivity index (χ0) is 93.4. The molecular weight excluding hydrogens is 1660 g/mol. The summed E-state index contributed by atoms with van der Waals surface area (Å²) < 4.78 is 0. The number of unbranched alkanes of at least 4 members (excludes halogenated alkanes) is 1. The van der Waals surface area contributed by atoms with Crippen LogP contribution in [0.2, 0.25) is 0 Å². The summed E-state index contributed by atoms with van der Waals surface area (Å²) in [5.41, 5.74) is 9.36. The normalized spacial score (nSPS) is 22.0. The quantitative estimate of drug-likeness (QED) is 0.0438. The highest BCUT2D eigenvalue weighted by Gasteiger charge is 2.42. The summed E-state index contributed by atoms with van der Waals surface area (Å²) in [6.45, 7) is 6.28. The highest BCUT2D eigenvalue weighted by molar-refractivity contribution is 8.00. The number of aliphatic carboxylic acids is 1. The predicted octanol–water partition coefficient (Wildman–Crippen LogP) is 2.62. The summed E-state index contributed by atoms with van der Waals surface area (Å²) in [6.07, 6.45) is 0.359. The van der Waals surface area contributed by atoms with Crippen LogP contribution in [-0.4, -0.2) is 267 Å². The Morgan fingerprint density at radius 1 is 0.461 bits per heavy atom. The van der Waals surface area contributed by atoms with Crippen LogP contribution in [0.25, 0.3) is 10.9 Å². The number of carboxylic acid groups (broad SMARTS) is 1. The smallest absolute Gasteiger partial charge is 0.305 e. The molecule has 0 bridgehead atoms. The number of phenolic OH excluding ortho intramolecular Hbond substituents is 1. The van der Waals surface area contributed by atoms with Crippen LogP contribution in [0.4, 0.5) is 0 Å². The lowest BCUT2D eigenvalue weighted by molar-refractivity contribution is -0.151. The van der Waals surface area contributed by atoms with E-state index in [0.717, 1.165) is 26.5 Å². The molecule has 0 unspecified atom stereocenters. The number of aromatic nitrogens is 1. The molecule has 1 aliphatic heterocycles. The first kappa shape index (κ1) is 99.9. The minimum atomic E-state index is -1.90. The Morgan fingerprint density at radius 3 is 1.45 bits per heavy atom. The molecule has 0 aliphatic carbocycles. The molecule has 1 aromatic heterocycles.